The smallest absolute Gasteiger partial charge is 0.182 e. The summed E-state index contributed by atoms with van der Waals surface area (Å²) >= 11 is 0. The lowest BCUT2D eigenvalue weighted by Crippen LogP contribution is -2.26. The molecule has 7 rings (SSSR count). The van der Waals surface area contributed by atoms with Gasteiger partial charge in [0.25, 0.3) is 0 Å². The van der Waals surface area contributed by atoms with Crippen molar-refractivity contribution in [1.82, 2.24) is 14.8 Å². The lowest BCUT2D eigenvalue weighted by Gasteiger charge is -2.39. The van der Waals surface area contributed by atoms with Crippen molar-refractivity contribution in [3.63, 3.8) is 0 Å². The lowest BCUT2D eigenvalue weighted by atomic mass is 10.1. The Labute approximate surface area is 228 Å². The summed E-state index contributed by atoms with van der Waals surface area (Å²) in [6, 6.07) is 46.2. The molecule has 2 heterocycles. The molecule has 0 spiro atoms. The predicted molar refractivity (Wildman–Crippen MR) is 160 cm³/mol. The average molecular weight is 506 g/mol. The van der Waals surface area contributed by atoms with Gasteiger partial charge in [0, 0.05) is 23.4 Å². The number of aromatic nitrogens is 3. The van der Waals surface area contributed by atoms with Gasteiger partial charge in [-0.15, -0.1) is 5.10 Å². The lowest BCUT2D eigenvalue weighted by molar-refractivity contribution is 0.890. The second-order valence-electron chi connectivity index (χ2n) is 9.48. The quantitative estimate of drug-likeness (QED) is 0.235. The van der Waals surface area contributed by atoms with Crippen molar-refractivity contribution >= 4 is 28.4 Å². The predicted octanol–water partition coefficient (Wildman–Crippen LogP) is 8.54. The molecular formula is C34H27N5. The molecule has 0 atom stereocenters. The Morgan fingerprint density at radius 2 is 1.00 bits per heavy atom. The van der Waals surface area contributed by atoms with Gasteiger partial charge in [0.05, 0.1) is 28.4 Å². The second kappa shape index (κ2) is 9.62. The van der Waals surface area contributed by atoms with E-state index in [1.165, 1.54) is 22.7 Å². The molecule has 0 N–H and O–H groups in total. The van der Waals surface area contributed by atoms with Crippen LogP contribution in [-0.2, 0) is 0 Å². The minimum atomic E-state index is 0.706. The standard InChI is InChI=1S/C34H27N5/c1-2-37-29-17-9-11-19-31(29)38(32-20-12-10-18-30(32)37)27-21-23-28(24-22-27)39-34(26-15-7-4-8-16-26)35-33(36-39)25-13-5-3-6-14-25/h3-24H,2H2,1H3. The summed E-state index contributed by atoms with van der Waals surface area (Å²) in [5.41, 5.74) is 8.82. The van der Waals surface area contributed by atoms with E-state index in [0.29, 0.717) is 5.82 Å². The Bertz CT molecular complexity index is 1690. The number of hydrogen-bond donors (Lipinski definition) is 0. The topological polar surface area (TPSA) is 37.2 Å². The molecule has 5 aromatic carbocycles. The number of anilines is 5. The van der Waals surface area contributed by atoms with Crippen LogP contribution in [0, 0.1) is 0 Å². The number of nitrogens with zero attached hydrogens (tertiary/aromatic N) is 5. The number of benzene rings is 5. The SMILES string of the molecule is CCN1c2ccccc2N(c2ccc(-n3nc(-c4ccccc4)nc3-c3ccccc3)cc2)c2ccccc21. The first kappa shape index (κ1) is 23.0. The maximum atomic E-state index is 4.95. The Morgan fingerprint density at radius 1 is 0.513 bits per heavy atom. The molecule has 0 saturated heterocycles. The summed E-state index contributed by atoms with van der Waals surface area (Å²) in [7, 11) is 0. The molecule has 39 heavy (non-hydrogen) atoms. The van der Waals surface area contributed by atoms with Gasteiger partial charge in [-0.1, -0.05) is 84.9 Å². The third-order valence-corrected chi connectivity index (χ3v) is 7.17. The van der Waals surface area contributed by atoms with Gasteiger partial charge in [0.15, 0.2) is 11.6 Å². The summed E-state index contributed by atoms with van der Waals surface area (Å²) in [5.74, 6) is 1.52. The summed E-state index contributed by atoms with van der Waals surface area (Å²) < 4.78 is 1.94. The highest BCUT2D eigenvalue weighted by Crippen LogP contribution is 2.50. The Morgan fingerprint density at radius 3 is 1.56 bits per heavy atom. The number of fused-ring (bicyclic) bond motifs is 2. The second-order valence-corrected chi connectivity index (χ2v) is 9.48. The molecule has 1 aliphatic heterocycles. The molecule has 188 valence electrons. The zero-order valence-corrected chi connectivity index (χ0v) is 21.6. The van der Waals surface area contributed by atoms with Crippen molar-refractivity contribution in [3.05, 3.63) is 133 Å². The summed E-state index contributed by atoms with van der Waals surface area (Å²) in [6.45, 7) is 3.10. The third kappa shape index (κ3) is 3.96. The monoisotopic (exact) mass is 505 g/mol. The van der Waals surface area contributed by atoms with Gasteiger partial charge in [0.2, 0.25) is 0 Å². The molecular weight excluding hydrogens is 478 g/mol. The van der Waals surface area contributed by atoms with E-state index < -0.39 is 0 Å². The van der Waals surface area contributed by atoms with Crippen molar-refractivity contribution in [2.24, 2.45) is 0 Å². The summed E-state index contributed by atoms with van der Waals surface area (Å²) in [6.07, 6.45) is 0. The van der Waals surface area contributed by atoms with Gasteiger partial charge >= 0.3 is 0 Å². The average Bonchev–Trinajstić information content (AvgIpc) is 3.46. The molecule has 0 fully saturated rings. The van der Waals surface area contributed by atoms with Crippen LogP contribution in [-0.4, -0.2) is 21.3 Å². The van der Waals surface area contributed by atoms with Crippen LogP contribution in [0.3, 0.4) is 0 Å². The van der Waals surface area contributed by atoms with E-state index >= 15 is 0 Å². The molecule has 0 bridgehead atoms. The molecule has 5 nitrogen and oxygen atoms in total. The zero-order chi connectivity index (χ0) is 26.2. The molecule has 0 aliphatic carbocycles. The van der Waals surface area contributed by atoms with E-state index in [-0.39, 0.29) is 0 Å². The van der Waals surface area contributed by atoms with E-state index in [1.807, 2.05) is 53.2 Å². The Kier molecular flexibility index (Phi) is 5.67. The first-order valence-corrected chi connectivity index (χ1v) is 13.3. The molecule has 1 aliphatic rings. The van der Waals surface area contributed by atoms with Gasteiger partial charge in [-0.05, 0) is 55.5 Å². The van der Waals surface area contributed by atoms with Crippen LogP contribution < -0.4 is 9.80 Å². The van der Waals surface area contributed by atoms with Crippen LogP contribution in [0.5, 0.6) is 0 Å². The number of rotatable bonds is 5. The van der Waals surface area contributed by atoms with Crippen LogP contribution in [0.2, 0.25) is 0 Å². The highest BCUT2D eigenvalue weighted by Gasteiger charge is 2.28. The van der Waals surface area contributed by atoms with E-state index in [2.05, 4.69) is 102 Å². The van der Waals surface area contributed by atoms with Crippen LogP contribution in [0.1, 0.15) is 6.92 Å². The molecule has 5 heteroatoms. The van der Waals surface area contributed by atoms with Gasteiger partial charge in [0.1, 0.15) is 0 Å². The maximum absolute atomic E-state index is 4.95. The van der Waals surface area contributed by atoms with Crippen LogP contribution in [0.25, 0.3) is 28.5 Å². The molecule has 0 radical (unpaired) electrons. The van der Waals surface area contributed by atoms with E-state index in [4.69, 9.17) is 10.1 Å². The van der Waals surface area contributed by atoms with Crippen molar-refractivity contribution in [1.29, 1.82) is 0 Å². The first-order chi connectivity index (χ1) is 19.3. The molecule has 0 saturated carbocycles. The van der Waals surface area contributed by atoms with Crippen molar-refractivity contribution in [3.8, 4) is 28.5 Å². The summed E-state index contributed by atoms with van der Waals surface area (Å²) in [4.78, 5) is 9.67. The van der Waals surface area contributed by atoms with Gasteiger partial charge in [-0.3, -0.25) is 0 Å². The van der Waals surface area contributed by atoms with Crippen molar-refractivity contribution in [2.45, 2.75) is 6.92 Å². The van der Waals surface area contributed by atoms with Crippen LogP contribution in [0.15, 0.2) is 133 Å². The minimum absolute atomic E-state index is 0.706. The fourth-order valence-electron chi connectivity index (χ4n) is 5.36. The zero-order valence-electron chi connectivity index (χ0n) is 21.6. The fraction of sp³-hybridized carbons (Fsp3) is 0.0588. The molecule has 1 aromatic heterocycles. The van der Waals surface area contributed by atoms with E-state index in [9.17, 15) is 0 Å². The molecule has 0 amide bonds. The molecule has 6 aromatic rings. The number of hydrogen-bond acceptors (Lipinski definition) is 4. The van der Waals surface area contributed by atoms with Crippen molar-refractivity contribution < 1.29 is 0 Å². The highest BCUT2D eigenvalue weighted by atomic mass is 15.4. The largest absolute Gasteiger partial charge is 0.338 e. The number of para-hydroxylation sites is 4. The maximum Gasteiger partial charge on any atom is 0.182 e. The van der Waals surface area contributed by atoms with Gasteiger partial charge < -0.3 is 9.80 Å². The van der Waals surface area contributed by atoms with Gasteiger partial charge in [-0.25, -0.2) is 9.67 Å². The minimum Gasteiger partial charge on any atom is -0.338 e. The molecule has 0 unspecified atom stereocenters. The first-order valence-electron chi connectivity index (χ1n) is 13.3. The normalized spacial score (nSPS) is 12.2. The summed E-state index contributed by atoms with van der Waals surface area (Å²) in [5, 5.41) is 4.95. The Hall–Kier alpha value is -5.16. The third-order valence-electron chi connectivity index (χ3n) is 7.17. The Balaban J connectivity index is 1.34. The van der Waals surface area contributed by atoms with E-state index in [0.717, 1.165) is 34.9 Å². The van der Waals surface area contributed by atoms with Crippen LogP contribution >= 0.6 is 0 Å². The van der Waals surface area contributed by atoms with Crippen molar-refractivity contribution in [2.75, 3.05) is 16.3 Å². The highest BCUT2D eigenvalue weighted by molar-refractivity contribution is 5.97. The van der Waals surface area contributed by atoms with E-state index in [1.54, 1.807) is 0 Å². The van der Waals surface area contributed by atoms with Gasteiger partial charge in [-0.2, -0.15) is 0 Å². The fourth-order valence-corrected chi connectivity index (χ4v) is 5.36. The van der Waals surface area contributed by atoms with Crippen LogP contribution in [0.4, 0.5) is 28.4 Å².